The number of amides is 1. The molecule has 1 saturated heterocycles. The SMILES string of the molecule is C[C@H](NC[C@@H]1CN([C@@H](C)c2ccc(Cl)cc2)C(=O)O1)c1ccc(Cl)cc1. The second-order valence-corrected chi connectivity index (χ2v) is 7.44. The van der Waals surface area contributed by atoms with E-state index in [1.807, 2.05) is 55.5 Å². The Balaban J connectivity index is 1.55. The monoisotopic (exact) mass is 392 g/mol. The Kier molecular flexibility index (Phi) is 6.07. The van der Waals surface area contributed by atoms with Gasteiger partial charge in [0.05, 0.1) is 12.6 Å². The summed E-state index contributed by atoms with van der Waals surface area (Å²) in [5.41, 5.74) is 2.18. The molecule has 0 aliphatic carbocycles. The molecule has 3 atom stereocenters. The van der Waals surface area contributed by atoms with Crippen LogP contribution in [0.1, 0.15) is 37.1 Å². The highest BCUT2D eigenvalue weighted by Crippen LogP contribution is 2.27. The van der Waals surface area contributed by atoms with Crippen molar-refractivity contribution in [1.82, 2.24) is 10.2 Å². The zero-order valence-corrected chi connectivity index (χ0v) is 16.3. The number of benzene rings is 2. The Morgan fingerprint density at radius 2 is 1.58 bits per heavy atom. The number of carbonyl (C=O) groups is 1. The molecule has 6 heteroatoms. The molecule has 1 aliphatic rings. The van der Waals surface area contributed by atoms with Gasteiger partial charge >= 0.3 is 6.09 Å². The van der Waals surface area contributed by atoms with Gasteiger partial charge in [0.2, 0.25) is 0 Å². The number of nitrogens with one attached hydrogen (secondary N) is 1. The quantitative estimate of drug-likeness (QED) is 0.731. The normalized spacial score (nSPS) is 19.3. The number of cyclic esters (lactones) is 1. The van der Waals surface area contributed by atoms with Crippen molar-refractivity contribution in [3.8, 4) is 0 Å². The maximum absolute atomic E-state index is 12.3. The van der Waals surface area contributed by atoms with Gasteiger partial charge in [0.25, 0.3) is 0 Å². The molecule has 1 heterocycles. The third kappa shape index (κ3) is 4.50. The van der Waals surface area contributed by atoms with Gasteiger partial charge in [-0.15, -0.1) is 0 Å². The lowest BCUT2D eigenvalue weighted by Gasteiger charge is -2.22. The molecule has 2 aromatic rings. The van der Waals surface area contributed by atoms with Crippen LogP contribution in [0.15, 0.2) is 48.5 Å². The molecule has 4 nitrogen and oxygen atoms in total. The van der Waals surface area contributed by atoms with Crippen molar-refractivity contribution in [3.63, 3.8) is 0 Å². The number of hydrogen-bond acceptors (Lipinski definition) is 3. The number of hydrogen-bond donors (Lipinski definition) is 1. The van der Waals surface area contributed by atoms with Gasteiger partial charge in [0, 0.05) is 22.6 Å². The highest BCUT2D eigenvalue weighted by atomic mass is 35.5. The number of nitrogens with zero attached hydrogens (tertiary/aromatic N) is 1. The van der Waals surface area contributed by atoms with Crippen LogP contribution >= 0.6 is 23.2 Å². The summed E-state index contributed by atoms with van der Waals surface area (Å²) in [6, 6.07) is 15.4. The molecule has 0 bridgehead atoms. The van der Waals surface area contributed by atoms with Crippen molar-refractivity contribution in [1.29, 1.82) is 0 Å². The first-order valence-electron chi connectivity index (χ1n) is 8.65. The van der Waals surface area contributed by atoms with Crippen molar-refractivity contribution in [3.05, 3.63) is 69.7 Å². The van der Waals surface area contributed by atoms with Crippen molar-refractivity contribution < 1.29 is 9.53 Å². The Hall–Kier alpha value is -1.75. The Morgan fingerprint density at radius 1 is 1.04 bits per heavy atom. The van der Waals surface area contributed by atoms with E-state index in [1.54, 1.807) is 4.90 Å². The third-order valence-corrected chi connectivity index (χ3v) is 5.25. The van der Waals surface area contributed by atoms with Gasteiger partial charge in [-0.3, -0.25) is 4.90 Å². The molecule has 1 N–H and O–H groups in total. The largest absolute Gasteiger partial charge is 0.443 e. The van der Waals surface area contributed by atoms with E-state index in [0.29, 0.717) is 18.1 Å². The molecule has 1 amide bonds. The summed E-state index contributed by atoms with van der Waals surface area (Å²) in [5, 5.41) is 4.83. The van der Waals surface area contributed by atoms with Crippen LogP contribution < -0.4 is 5.32 Å². The van der Waals surface area contributed by atoms with E-state index in [1.165, 1.54) is 0 Å². The van der Waals surface area contributed by atoms with E-state index in [-0.39, 0.29) is 24.3 Å². The summed E-state index contributed by atoms with van der Waals surface area (Å²) in [4.78, 5) is 14.0. The summed E-state index contributed by atoms with van der Waals surface area (Å²) in [6.07, 6.45) is -0.453. The van der Waals surface area contributed by atoms with Gasteiger partial charge < -0.3 is 10.1 Å². The average molecular weight is 393 g/mol. The van der Waals surface area contributed by atoms with Crippen LogP contribution in [0.25, 0.3) is 0 Å². The highest BCUT2D eigenvalue weighted by Gasteiger charge is 2.34. The maximum Gasteiger partial charge on any atom is 0.410 e. The molecule has 26 heavy (non-hydrogen) atoms. The van der Waals surface area contributed by atoms with Crippen LogP contribution in [0.3, 0.4) is 0 Å². The number of rotatable bonds is 6. The molecule has 0 aromatic heterocycles. The fourth-order valence-electron chi connectivity index (χ4n) is 3.06. The minimum atomic E-state index is -0.279. The number of halogens is 2. The minimum Gasteiger partial charge on any atom is -0.443 e. The first-order valence-corrected chi connectivity index (χ1v) is 9.41. The van der Waals surface area contributed by atoms with Gasteiger partial charge in [-0.05, 0) is 49.2 Å². The zero-order valence-electron chi connectivity index (χ0n) is 14.8. The van der Waals surface area contributed by atoms with Crippen LogP contribution in [-0.4, -0.2) is 30.2 Å². The molecule has 0 spiro atoms. The van der Waals surface area contributed by atoms with Crippen molar-refractivity contribution in [2.75, 3.05) is 13.1 Å². The number of carbonyl (C=O) groups excluding carboxylic acids is 1. The minimum absolute atomic E-state index is 0.0570. The Bertz CT molecular complexity index is 749. The smallest absolute Gasteiger partial charge is 0.410 e. The van der Waals surface area contributed by atoms with Crippen LogP contribution in [0.4, 0.5) is 4.79 Å². The van der Waals surface area contributed by atoms with E-state index < -0.39 is 0 Å². The lowest BCUT2D eigenvalue weighted by atomic mass is 10.1. The van der Waals surface area contributed by atoms with Crippen LogP contribution in [0, 0.1) is 0 Å². The molecule has 2 aromatic carbocycles. The van der Waals surface area contributed by atoms with E-state index >= 15 is 0 Å². The molecule has 3 rings (SSSR count). The van der Waals surface area contributed by atoms with Crippen LogP contribution in [-0.2, 0) is 4.74 Å². The average Bonchev–Trinajstić information content (AvgIpc) is 3.01. The van der Waals surface area contributed by atoms with Gasteiger partial charge in [0.1, 0.15) is 6.10 Å². The fourth-order valence-corrected chi connectivity index (χ4v) is 3.31. The second-order valence-electron chi connectivity index (χ2n) is 6.57. The second kappa shape index (κ2) is 8.30. The fraction of sp³-hybridized carbons (Fsp3) is 0.350. The summed E-state index contributed by atoms with van der Waals surface area (Å²) in [7, 11) is 0. The first kappa shape index (κ1) is 19.0. The summed E-state index contributed by atoms with van der Waals surface area (Å²) >= 11 is 11.9. The third-order valence-electron chi connectivity index (χ3n) is 4.74. The van der Waals surface area contributed by atoms with Gasteiger partial charge in [0.15, 0.2) is 0 Å². The Morgan fingerprint density at radius 3 is 2.15 bits per heavy atom. The summed E-state index contributed by atoms with van der Waals surface area (Å²) < 4.78 is 5.52. The maximum atomic E-state index is 12.3. The summed E-state index contributed by atoms with van der Waals surface area (Å²) in [6.45, 7) is 5.23. The standard InChI is InChI=1S/C20H22Cl2N2O2/c1-13(15-3-7-17(21)8-4-15)23-11-19-12-24(20(25)26-19)14(2)16-5-9-18(22)10-6-16/h3-10,13-14,19,23H,11-12H2,1-2H3/t13-,14-,19+/m0/s1. The molecule has 0 radical (unpaired) electrons. The Labute approximate surface area is 164 Å². The molecular weight excluding hydrogens is 371 g/mol. The van der Waals surface area contributed by atoms with Gasteiger partial charge in [-0.25, -0.2) is 4.79 Å². The van der Waals surface area contributed by atoms with Crippen molar-refractivity contribution >= 4 is 29.3 Å². The van der Waals surface area contributed by atoms with E-state index in [4.69, 9.17) is 27.9 Å². The van der Waals surface area contributed by atoms with E-state index in [9.17, 15) is 4.79 Å². The zero-order chi connectivity index (χ0) is 18.7. The van der Waals surface area contributed by atoms with Crippen molar-refractivity contribution in [2.24, 2.45) is 0 Å². The predicted octanol–water partition coefficient (Wildman–Crippen LogP) is 5.23. The highest BCUT2D eigenvalue weighted by molar-refractivity contribution is 6.30. The van der Waals surface area contributed by atoms with Crippen LogP contribution in [0.5, 0.6) is 0 Å². The van der Waals surface area contributed by atoms with E-state index in [2.05, 4.69) is 12.2 Å². The molecular formula is C20H22Cl2N2O2. The van der Waals surface area contributed by atoms with Gasteiger partial charge in [-0.1, -0.05) is 47.5 Å². The topological polar surface area (TPSA) is 41.6 Å². The van der Waals surface area contributed by atoms with E-state index in [0.717, 1.165) is 16.1 Å². The van der Waals surface area contributed by atoms with Crippen LogP contribution in [0.2, 0.25) is 10.0 Å². The molecule has 1 aliphatic heterocycles. The molecule has 138 valence electrons. The first-order chi connectivity index (χ1) is 12.4. The lowest BCUT2D eigenvalue weighted by Crippen LogP contribution is -2.33. The predicted molar refractivity (Wildman–Crippen MR) is 105 cm³/mol. The van der Waals surface area contributed by atoms with Crippen molar-refractivity contribution in [2.45, 2.75) is 32.0 Å². The van der Waals surface area contributed by atoms with Gasteiger partial charge in [-0.2, -0.15) is 0 Å². The number of ether oxygens (including phenoxy) is 1. The lowest BCUT2D eigenvalue weighted by molar-refractivity contribution is 0.127. The molecule has 1 fully saturated rings. The molecule has 0 saturated carbocycles. The summed E-state index contributed by atoms with van der Waals surface area (Å²) in [5.74, 6) is 0. The molecule has 0 unspecified atom stereocenters.